The lowest BCUT2D eigenvalue weighted by Crippen LogP contribution is -2.35. The van der Waals surface area contributed by atoms with Gasteiger partial charge in [0.1, 0.15) is 22.4 Å². The normalized spacial score (nSPS) is 11.2. The van der Waals surface area contributed by atoms with Crippen LogP contribution in [-0.4, -0.2) is 55.6 Å². The van der Waals surface area contributed by atoms with Crippen LogP contribution >= 0.6 is 15.9 Å². The van der Waals surface area contributed by atoms with E-state index in [9.17, 15) is 0 Å². The minimum Gasteiger partial charge on any atom is -0.372 e. The summed E-state index contributed by atoms with van der Waals surface area (Å²) < 4.78 is 0.928. The van der Waals surface area contributed by atoms with E-state index in [4.69, 9.17) is 0 Å². The topological polar surface area (TPSA) is 44.3 Å². The highest BCUT2D eigenvalue weighted by Gasteiger charge is 2.16. The van der Waals surface area contributed by atoms with Crippen molar-refractivity contribution in [1.29, 1.82) is 0 Å². The van der Waals surface area contributed by atoms with E-state index in [1.807, 2.05) is 7.05 Å². The first-order chi connectivity index (χ1) is 8.95. The fourth-order valence-corrected chi connectivity index (χ4v) is 2.45. The Bertz CT molecular complexity index is 395. The number of anilines is 2. The molecule has 0 aliphatic heterocycles. The second-order valence-electron chi connectivity index (χ2n) is 5.25. The summed E-state index contributed by atoms with van der Waals surface area (Å²) in [6, 6.07) is 0. The quantitative estimate of drug-likeness (QED) is 0.831. The molecule has 0 aliphatic rings. The van der Waals surface area contributed by atoms with Gasteiger partial charge in [0, 0.05) is 26.7 Å². The molecule has 1 aromatic rings. The largest absolute Gasteiger partial charge is 0.372 e. The lowest BCUT2D eigenvalue weighted by atomic mass is 10.2. The number of hydrogen-bond acceptors (Lipinski definition) is 5. The van der Waals surface area contributed by atoms with Crippen LogP contribution in [-0.2, 0) is 0 Å². The van der Waals surface area contributed by atoms with Crippen LogP contribution in [0.25, 0.3) is 0 Å². The molecule has 0 spiro atoms. The van der Waals surface area contributed by atoms with Gasteiger partial charge in [-0.2, -0.15) is 0 Å². The maximum atomic E-state index is 4.43. The Hall–Kier alpha value is -0.880. The molecule has 0 amide bonds. The van der Waals surface area contributed by atoms with Gasteiger partial charge in [0.25, 0.3) is 0 Å². The zero-order valence-corrected chi connectivity index (χ0v) is 14.0. The molecule has 1 aromatic heterocycles. The second kappa shape index (κ2) is 7.65. The molecule has 0 radical (unpaired) electrons. The predicted molar refractivity (Wildman–Crippen MR) is 84.9 cm³/mol. The monoisotopic (exact) mass is 329 g/mol. The molecule has 0 saturated heterocycles. The second-order valence-corrected chi connectivity index (χ2v) is 6.05. The Morgan fingerprint density at radius 1 is 1.26 bits per heavy atom. The smallest absolute Gasteiger partial charge is 0.148 e. The molecule has 1 N–H and O–H groups in total. The molecule has 5 nitrogen and oxygen atoms in total. The number of rotatable bonds is 7. The molecular weight excluding hydrogens is 306 g/mol. The predicted octanol–water partition coefficient (Wildman–Crippen LogP) is 2.30. The van der Waals surface area contributed by atoms with Gasteiger partial charge >= 0.3 is 0 Å². The van der Waals surface area contributed by atoms with Crippen LogP contribution in [0.4, 0.5) is 11.6 Å². The molecule has 0 unspecified atom stereocenters. The Morgan fingerprint density at radius 3 is 2.47 bits per heavy atom. The van der Waals surface area contributed by atoms with E-state index in [1.54, 1.807) is 6.33 Å². The van der Waals surface area contributed by atoms with Crippen LogP contribution < -0.4 is 10.2 Å². The molecule has 19 heavy (non-hydrogen) atoms. The minimum absolute atomic E-state index is 0.585. The van der Waals surface area contributed by atoms with Gasteiger partial charge in [-0.15, -0.1) is 0 Å². The Kier molecular flexibility index (Phi) is 6.51. The highest BCUT2D eigenvalue weighted by atomic mass is 79.9. The lowest BCUT2D eigenvalue weighted by molar-refractivity contribution is 0.408. The molecule has 1 rings (SSSR count). The van der Waals surface area contributed by atoms with Crippen molar-refractivity contribution < 1.29 is 0 Å². The zero-order valence-electron chi connectivity index (χ0n) is 12.4. The summed E-state index contributed by atoms with van der Waals surface area (Å²) in [6.07, 6.45) is 1.61. The van der Waals surface area contributed by atoms with Crippen LogP contribution in [0, 0.1) is 5.92 Å². The SMILES string of the molecule is CNc1ncnc(N(CCN(C)C)CC(C)C)c1Br. The molecular formula is C13H24BrN5. The molecule has 0 aromatic carbocycles. The van der Waals surface area contributed by atoms with Gasteiger partial charge in [-0.25, -0.2) is 9.97 Å². The van der Waals surface area contributed by atoms with Crippen molar-refractivity contribution in [1.82, 2.24) is 14.9 Å². The summed E-state index contributed by atoms with van der Waals surface area (Å²) in [5, 5.41) is 3.07. The molecule has 0 atom stereocenters. The first-order valence-electron chi connectivity index (χ1n) is 6.53. The van der Waals surface area contributed by atoms with Crippen molar-refractivity contribution in [2.45, 2.75) is 13.8 Å². The number of hydrogen-bond donors (Lipinski definition) is 1. The highest BCUT2D eigenvalue weighted by molar-refractivity contribution is 9.10. The first-order valence-corrected chi connectivity index (χ1v) is 7.33. The maximum absolute atomic E-state index is 4.43. The third-order valence-electron chi connectivity index (χ3n) is 2.71. The number of nitrogens with zero attached hydrogens (tertiary/aromatic N) is 4. The van der Waals surface area contributed by atoms with Gasteiger partial charge in [0.2, 0.25) is 0 Å². The van der Waals surface area contributed by atoms with Crippen LogP contribution in [0.15, 0.2) is 10.8 Å². The summed E-state index contributed by atoms with van der Waals surface area (Å²) in [6.45, 7) is 7.36. The first kappa shape index (κ1) is 16.2. The fourth-order valence-electron chi connectivity index (χ4n) is 1.80. The highest BCUT2D eigenvalue weighted by Crippen LogP contribution is 2.29. The van der Waals surface area contributed by atoms with Crippen LogP contribution in [0.1, 0.15) is 13.8 Å². The van der Waals surface area contributed by atoms with Crippen molar-refractivity contribution in [2.24, 2.45) is 5.92 Å². The Morgan fingerprint density at radius 2 is 1.95 bits per heavy atom. The lowest BCUT2D eigenvalue weighted by Gasteiger charge is -2.28. The molecule has 108 valence electrons. The minimum atomic E-state index is 0.585. The number of nitrogens with one attached hydrogen (secondary N) is 1. The summed E-state index contributed by atoms with van der Waals surface area (Å²) in [5.41, 5.74) is 0. The van der Waals surface area contributed by atoms with Crippen LogP contribution in [0.2, 0.25) is 0 Å². The van der Waals surface area contributed by atoms with Crippen molar-refractivity contribution in [3.8, 4) is 0 Å². The van der Waals surface area contributed by atoms with Crippen molar-refractivity contribution in [2.75, 3.05) is 51.0 Å². The van der Waals surface area contributed by atoms with E-state index in [0.29, 0.717) is 5.92 Å². The van der Waals surface area contributed by atoms with Gasteiger partial charge in [-0.3, -0.25) is 0 Å². The summed E-state index contributed by atoms with van der Waals surface area (Å²) >= 11 is 3.60. The Labute approximate surface area is 124 Å². The van der Waals surface area contributed by atoms with Gasteiger partial charge in [0.05, 0.1) is 0 Å². The average Bonchev–Trinajstić information content (AvgIpc) is 2.34. The van der Waals surface area contributed by atoms with Gasteiger partial charge in [0.15, 0.2) is 0 Å². The molecule has 0 bridgehead atoms. The molecule has 6 heteroatoms. The van der Waals surface area contributed by atoms with Crippen molar-refractivity contribution >= 4 is 27.6 Å². The fraction of sp³-hybridized carbons (Fsp3) is 0.692. The number of aromatic nitrogens is 2. The molecule has 1 heterocycles. The van der Waals surface area contributed by atoms with E-state index >= 15 is 0 Å². The van der Waals surface area contributed by atoms with Crippen LogP contribution in [0.3, 0.4) is 0 Å². The van der Waals surface area contributed by atoms with E-state index in [2.05, 4.69) is 69.0 Å². The summed E-state index contributed by atoms with van der Waals surface area (Å²) in [7, 11) is 6.03. The van der Waals surface area contributed by atoms with E-state index < -0.39 is 0 Å². The van der Waals surface area contributed by atoms with Crippen LogP contribution in [0.5, 0.6) is 0 Å². The van der Waals surface area contributed by atoms with Gasteiger partial charge in [-0.05, 0) is 35.9 Å². The molecule has 0 aliphatic carbocycles. The summed E-state index contributed by atoms with van der Waals surface area (Å²) in [4.78, 5) is 13.1. The number of likely N-dealkylation sites (N-methyl/N-ethyl adjacent to an activating group) is 1. The molecule has 0 fully saturated rings. The average molecular weight is 330 g/mol. The Balaban J connectivity index is 2.95. The van der Waals surface area contributed by atoms with Crippen molar-refractivity contribution in [3.05, 3.63) is 10.8 Å². The third-order valence-corrected chi connectivity index (χ3v) is 3.44. The van der Waals surface area contributed by atoms with Crippen molar-refractivity contribution in [3.63, 3.8) is 0 Å². The van der Waals surface area contributed by atoms with E-state index in [-0.39, 0.29) is 0 Å². The summed E-state index contributed by atoms with van der Waals surface area (Å²) in [5.74, 6) is 2.36. The van der Waals surface area contributed by atoms with E-state index in [1.165, 1.54) is 0 Å². The van der Waals surface area contributed by atoms with Gasteiger partial charge < -0.3 is 15.1 Å². The zero-order chi connectivity index (χ0) is 14.4. The van der Waals surface area contributed by atoms with E-state index in [0.717, 1.165) is 35.7 Å². The third kappa shape index (κ3) is 4.95. The van der Waals surface area contributed by atoms with Gasteiger partial charge in [-0.1, -0.05) is 13.8 Å². The number of halogens is 1. The molecule has 0 saturated carbocycles. The standard InChI is InChI=1S/C13H24BrN5/c1-10(2)8-19(7-6-18(4)5)13-11(14)12(15-3)16-9-17-13/h9-10H,6-8H2,1-5H3,(H,15,16,17). The maximum Gasteiger partial charge on any atom is 0.148 e.